The summed E-state index contributed by atoms with van der Waals surface area (Å²) in [4.78, 5) is 1.84. The Morgan fingerprint density at radius 2 is 1.68 bits per heavy atom. The average Bonchev–Trinajstić information content (AvgIpc) is 2.96. The second-order valence-corrected chi connectivity index (χ2v) is 8.24. The van der Waals surface area contributed by atoms with Crippen molar-refractivity contribution in [2.75, 3.05) is 13.1 Å². The zero-order valence-corrected chi connectivity index (χ0v) is 14.4. The van der Waals surface area contributed by atoms with Crippen LogP contribution >= 0.6 is 0 Å². The molecule has 0 saturated carbocycles. The SMILES string of the molecule is N[C@@H]1CN(Cc2ccc(S(=O)(=O)C(F)F)cc2)C[C@H]1c1ccccc1. The number of hydrogen-bond donors (Lipinski definition) is 1. The van der Waals surface area contributed by atoms with Crippen LogP contribution in [0.2, 0.25) is 0 Å². The van der Waals surface area contributed by atoms with Crippen molar-refractivity contribution in [3.63, 3.8) is 0 Å². The number of hydrogen-bond acceptors (Lipinski definition) is 4. The van der Waals surface area contributed by atoms with E-state index < -0.39 is 15.6 Å². The van der Waals surface area contributed by atoms with Gasteiger partial charge in [-0.05, 0) is 23.3 Å². The molecule has 7 heteroatoms. The van der Waals surface area contributed by atoms with Crippen molar-refractivity contribution in [2.45, 2.75) is 29.2 Å². The Morgan fingerprint density at radius 3 is 2.28 bits per heavy atom. The van der Waals surface area contributed by atoms with E-state index in [1.807, 2.05) is 18.2 Å². The Labute approximate surface area is 146 Å². The molecule has 4 nitrogen and oxygen atoms in total. The van der Waals surface area contributed by atoms with Crippen LogP contribution in [-0.4, -0.2) is 38.2 Å². The average molecular weight is 366 g/mol. The normalized spacial score (nSPS) is 21.8. The van der Waals surface area contributed by atoms with Gasteiger partial charge >= 0.3 is 5.76 Å². The summed E-state index contributed by atoms with van der Waals surface area (Å²) in [7, 11) is -4.54. The lowest BCUT2D eigenvalue weighted by Gasteiger charge is -2.16. The lowest BCUT2D eigenvalue weighted by molar-refractivity contribution is 0.234. The number of sulfone groups is 1. The zero-order valence-electron chi connectivity index (χ0n) is 13.6. The molecular formula is C18H20F2N2O2S. The second kappa shape index (κ2) is 7.19. The van der Waals surface area contributed by atoms with Crippen LogP contribution in [0, 0.1) is 0 Å². The maximum Gasteiger partial charge on any atom is 0.341 e. The van der Waals surface area contributed by atoms with Crippen molar-refractivity contribution in [2.24, 2.45) is 5.73 Å². The lowest BCUT2D eigenvalue weighted by Crippen LogP contribution is -2.28. The van der Waals surface area contributed by atoms with E-state index in [1.54, 1.807) is 12.1 Å². The van der Waals surface area contributed by atoms with Gasteiger partial charge < -0.3 is 5.73 Å². The van der Waals surface area contributed by atoms with Gasteiger partial charge in [0, 0.05) is 31.6 Å². The zero-order chi connectivity index (χ0) is 18.0. The second-order valence-electron chi connectivity index (χ2n) is 6.32. The molecule has 0 aliphatic carbocycles. The predicted molar refractivity (Wildman–Crippen MR) is 92.1 cm³/mol. The monoisotopic (exact) mass is 366 g/mol. The minimum absolute atomic E-state index is 0.0286. The Kier molecular flexibility index (Phi) is 5.17. The van der Waals surface area contributed by atoms with Crippen molar-refractivity contribution >= 4 is 9.84 Å². The molecule has 3 rings (SSSR count). The van der Waals surface area contributed by atoms with Crippen LogP contribution in [0.1, 0.15) is 17.0 Å². The van der Waals surface area contributed by atoms with Crippen LogP contribution in [0.3, 0.4) is 0 Å². The molecule has 0 unspecified atom stereocenters. The summed E-state index contributed by atoms with van der Waals surface area (Å²) >= 11 is 0. The molecule has 2 aromatic rings. The first-order chi connectivity index (χ1) is 11.9. The van der Waals surface area contributed by atoms with E-state index in [9.17, 15) is 17.2 Å². The third kappa shape index (κ3) is 3.89. The van der Waals surface area contributed by atoms with Crippen molar-refractivity contribution in [1.29, 1.82) is 0 Å². The summed E-state index contributed by atoms with van der Waals surface area (Å²) in [6, 6.07) is 15.8. The molecule has 0 radical (unpaired) electrons. The van der Waals surface area contributed by atoms with Gasteiger partial charge in [-0.15, -0.1) is 0 Å². The summed E-state index contributed by atoms with van der Waals surface area (Å²) in [6.45, 7) is 2.14. The molecule has 2 atom stereocenters. The lowest BCUT2D eigenvalue weighted by atomic mass is 9.95. The van der Waals surface area contributed by atoms with Gasteiger partial charge in [-0.2, -0.15) is 8.78 Å². The first kappa shape index (κ1) is 18.0. The summed E-state index contributed by atoms with van der Waals surface area (Å²) < 4.78 is 48.0. The van der Waals surface area contributed by atoms with Crippen LogP contribution in [0.4, 0.5) is 8.78 Å². The molecule has 0 spiro atoms. The summed E-state index contributed by atoms with van der Waals surface area (Å²) in [5.74, 6) is -3.15. The van der Waals surface area contributed by atoms with Gasteiger partial charge in [0.1, 0.15) is 0 Å². The molecule has 2 N–H and O–H groups in total. The number of alkyl halides is 2. The minimum Gasteiger partial charge on any atom is -0.326 e. The molecule has 2 aromatic carbocycles. The van der Waals surface area contributed by atoms with Crippen molar-refractivity contribution in [3.8, 4) is 0 Å². The first-order valence-electron chi connectivity index (χ1n) is 8.02. The Bertz CT molecular complexity index is 811. The third-order valence-corrected chi connectivity index (χ3v) is 5.96. The van der Waals surface area contributed by atoms with E-state index in [0.717, 1.165) is 18.7 Å². The van der Waals surface area contributed by atoms with Crippen LogP contribution in [-0.2, 0) is 16.4 Å². The maximum absolute atomic E-state index is 12.6. The van der Waals surface area contributed by atoms with E-state index in [4.69, 9.17) is 5.73 Å². The molecule has 1 aliphatic rings. The maximum atomic E-state index is 12.6. The van der Waals surface area contributed by atoms with Gasteiger partial charge in [-0.1, -0.05) is 42.5 Å². The molecule has 0 amide bonds. The van der Waals surface area contributed by atoms with Gasteiger partial charge in [0.2, 0.25) is 9.84 Å². The van der Waals surface area contributed by atoms with Gasteiger partial charge in [0.15, 0.2) is 0 Å². The van der Waals surface area contributed by atoms with E-state index in [1.165, 1.54) is 17.7 Å². The van der Waals surface area contributed by atoms with E-state index >= 15 is 0 Å². The summed E-state index contributed by atoms with van der Waals surface area (Å²) in [5.41, 5.74) is 8.34. The highest BCUT2D eigenvalue weighted by molar-refractivity contribution is 7.91. The topological polar surface area (TPSA) is 63.4 Å². The van der Waals surface area contributed by atoms with Crippen molar-refractivity contribution < 1.29 is 17.2 Å². The smallest absolute Gasteiger partial charge is 0.326 e. The number of benzene rings is 2. The fourth-order valence-electron chi connectivity index (χ4n) is 3.24. The molecule has 1 heterocycles. The van der Waals surface area contributed by atoms with E-state index in [-0.39, 0.29) is 16.9 Å². The van der Waals surface area contributed by atoms with Gasteiger partial charge in [-0.25, -0.2) is 8.42 Å². The molecule has 25 heavy (non-hydrogen) atoms. The van der Waals surface area contributed by atoms with Crippen molar-refractivity contribution in [1.82, 2.24) is 4.90 Å². The highest BCUT2D eigenvalue weighted by Crippen LogP contribution is 2.27. The van der Waals surface area contributed by atoms with Gasteiger partial charge in [0.05, 0.1) is 4.90 Å². The fourth-order valence-corrected chi connectivity index (χ4v) is 3.96. The molecule has 1 aliphatic heterocycles. The summed E-state index contributed by atoms with van der Waals surface area (Å²) in [6.07, 6.45) is 0. The quantitative estimate of drug-likeness (QED) is 0.884. The van der Waals surface area contributed by atoms with E-state index in [2.05, 4.69) is 17.0 Å². The third-order valence-electron chi connectivity index (χ3n) is 4.56. The highest BCUT2D eigenvalue weighted by atomic mass is 32.2. The van der Waals surface area contributed by atoms with Crippen LogP contribution in [0.25, 0.3) is 0 Å². The Morgan fingerprint density at radius 1 is 1.04 bits per heavy atom. The molecule has 1 saturated heterocycles. The predicted octanol–water partition coefficient (Wildman–Crippen LogP) is 2.61. The molecule has 134 valence electrons. The standard InChI is InChI=1S/C18H20F2N2O2S/c19-18(20)25(23,24)15-8-6-13(7-9-15)10-22-11-16(17(21)12-22)14-4-2-1-3-5-14/h1-9,16-18H,10-12,21H2/t16-,17+/m0/s1. The Balaban J connectivity index is 1.68. The number of nitrogens with zero attached hydrogens (tertiary/aromatic N) is 1. The van der Waals surface area contributed by atoms with E-state index in [0.29, 0.717) is 6.54 Å². The van der Waals surface area contributed by atoms with Crippen molar-refractivity contribution in [3.05, 3.63) is 65.7 Å². The molecule has 0 bridgehead atoms. The number of likely N-dealkylation sites (tertiary alicyclic amines) is 1. The fraction of sp³-hybridized carbons (Fsp3) is 0.333. The molecule has 0 aromatic heterocycles. The molecular weight excluding hydrogens is 346 g/mol. The number of halogens is 2. The largest absolute Gasteiger partial charge is 0.341 e. The van der Waals surface area contributed by atoms with Crippen LogP contribution in [0.5, 0.6) is 0 Å². The van der Waals surface area contributed by atoms with Crippen LogP contribution in [0.15, 0.2) is 59.5 Å². The minimum atomic E-state index is -4.54. The van der Waals surface area contributed by atoms with Gasteiger partial charge in [-0.3, -0.25) is 4.90 Å². The van der Waals surface area contributed by atoms with Crippen LogP contribution < -0.4 is 5.73 Å². The number of nitrogens with two attached hydrogens (primary N) is 1. The first-order valence-corrected chi connectivity index (χ1v) is 9.56. The Hall–Kier alpha value is -1.83. The highest BCUT2D eigenvalue weighted by Gasteiger charge is 2.31. The number of rotatable bonds is 5. The molecule has 1 fully saturated rings. The van der Waals surface area contributed by atoms with Gasteiger partial charge in [0.25, 0.3) is 0 Å². The summed E-state index contributed by atoms with van der Waals surface area (Å²) in [5, 5.41) is 0.